The summed E-state index contributed by atoms with van der Waals surface area (Å²) in [6.07, 6.45) is 1.34. The molecular weight excluding hydrogens is 204 g/mol. The smallest absolute Gasteiger partial charge is 0.293 e. The molecule has 0 fully saturated rings. The molecule has 0 saturated carbocycles. The van der Waals surface area contributed by atoms with Crippen molar-refractivity contribution in [3.8, 4) is 17.7 Å². The fraction of sp³-hybridized carbons (Fsp3) is 0.333. The SMILES string of the molecule is Cc1cc2c(nc1CC#CC(N)=O)OCC2. The molecule has 2 rings (SSSR count). The Balaban J connectivity index is 2.23. The monoisotopic (exact) mass is 216 g/mol. The number of pyridine rings is 1. The number of nitrogens with zero attached hydrogens (tertiary/aromatic N) is 1. The highest BCUT2D eigenvalue weighted by Gasteiger charge is 2.15. The topological polar surface area (TPSA) is 65.2 Å². The van der Waals surface area contributed by atoms with Crippen molar-refractivity contribution in [2.75, 3.05) is 6.61 Å². The third-order valence-corrected chi connectivity index (χ3v) is 2.43. The van der Waals surface area contributed by atoms with Gasteiger partial charge in [-0.3, -0.25) is 4.79 Å². The van der Waals surface area contributed by atoms with Crippen LogP contribution in [0.5, 0.6) is 5.88 Å². The van der Waals surface area contributed by atoms with Crippen molar-refractivity contribution in [3.63, 3.8) is 0 Å². The molecule has 1 aliphatic heterocycles. The zero-order valence-electron chi connectivity index (χ0n) is 9.04. The molecular formula is C12H12N2O2. The van der Waals surface area contributed by atoms with Crippen LogP contribution in [0.3, 0.4) is 0 Å². The second-order valence-corrected chi connectivity index (χ2v) is 3.66. The van der Waals surface area contributed by atoms with Gasteiger partial charge < -0.3 is 10.5 Å². The number of hydrogen-bond acceptors (Lipinski definition) is 3. The summed E-state index contributed by atoms with van der Waals surface area (Å²) in [5.41, 5.74) is 7.98. The van der Waals surface area contributed by atoms with Crippen molar-refractivity contribution >= 4 is 5.91 Å². The molecule has 0 aliphatic carbocycles. The molecule has 0 spiro atoms. The molecule has 1 aromatic rings. The van der Waals surface area contributed by atoms with Crippen LogP contribution in [0, 0.1) is 18.8 Å². The molecule has 0 bridgehead atoms. The lowest BCUT2D eigenvalue weighted by Crippen LogP contribution is -2.06. The molecule has 0 atom stereocenters. The first-order valence-corrected chi connectivity index (χ1v) is 5.07. The molecule has 1 aromatic heterocycles. The molecule has 82 valence electrons. The summed E-state index contributed by atoms with van der Waals surface area (Å²) < 4.78 is 5.37. The average molecular weight is 216 g/mol. The van der Waals surface area contributed by atoms with E-state index in [0.29, 0.717) is 18.9 Å². The number of fused-ring (bicyclic) bond motifs is 1. The van der Waals surface area contributed by atoms with Crippen LogP contribution in [0.15, 0.2) is 6.07 Å². The number of aromatic nitrogens is 1. The highest BCUT2D eigenvalue weighted by molar-refractivity contribution is 5.91. The summed E-state index contributed by atoms with van der Waals surface area (Å²) in [5.74, 6) is 5.07. The number of carbonyl (C=O) groups is 1. The van der Waals surface area contributed by atoms with E-state index in [9.17, 15) is 4.79 Å². The maximum atomic E-state index is 10.5. The van der Waals surface area contributed by atoms with Crippen molar-refractivity contribution in [3.05, 3.63) is 22.9 Å². The quantitative estimate of drug-likeness (QED) is 0.689. The molecule has 1 aliphatic rings. The van der Waals surface area contributed by atoms with Gasteiger partial charge in [-0.05, 0) is 24.5 Å². The lowest BCUT2D eigenvalue weighted by Gasteiger charge is -2.04. The molecule has 0 unspecified atom stereocenters. The van der Waals surface area contributed by atoms with Gasteiger partial charge in [-0.2, -0.15) is 0 Å². The number of amides is 1. The first-order chi connectivity index (χ1) is 7.66. The third kappa shape index (κ3) is 2.14. The van der Waals surface area contributed by atoms with Crippen molar-refractivity contribution in [1.29, 1.82) is 0 Å². The van der Waals surface area contributed by atoms with E-state index in [4.69, 9.17) is 10.5 Å². The lowest BCUT2D eigenvalue weighted by atomic mass is 10.1. The van der Waals surface area contributed by atoms with Gasteiger partial charge in [0.05, 0.1) is 18.7 Å². The van der Waals surface area contributed by atoms with Gasteiger partial charge in [0, 0.05) is 12.0 Å². The van der Waals surface area contributed by atoms with Gasteiger partial charge in [0.1, 0.15) is 0 Å². The van der Waals surface area contributed by atoms with Crippen molar-refractivity contribution in [2.24, 2.45) is 5.73 Å². The van der Waals surface area contributed by atoms with Crippen LogP contribution in [0.25, 0.3) is 0 Å². The van der Waals surface area contributed by atoms with Crippen LogP contribution >= 0.6 is 0 Å². The Morgan fingerprint density at radius 3 is 3.25 bits per heavy atom. The normalized spacial score (nSPS) is 12.3. The van der Waals surface area contributed by atoms with Gasteiger partial charge in [-0.1, -0.05) is 5.92 Å². The van der Waals surface area contributed by atoms with Gasteiger partial charge in [-0.15, -0.1) is 0 Å². The molecule has 4 heteroatoms. The predicted molar refractivity (Wildman–Crippen MR) is 58.8 cm³/mol. The molecule has 4 nitrogen and oxygen atoms in total. The van der Waals surface area contributed by atoms with Crippen LogP contribution in [0.2, 0.25) is 0 Å². The van der Waals surface area contributed by atoms with Crippen LogP contribution in [-0.4, -0.2) is 17.5 Å². The summed E-state index contributed by atoms with van der Waals surface area (Å²) >= 11 is 0. The van der Waals surface area contributed by atoms with E-state index in [1.54, 1.807) is 0 Å². The Kier molecular flexibility index (Phi) is 2.78. The molecule has 2 N–H and O–H groups in total. The Labute approximate surface area is 93.8 Å². The number of primary amides is 1. The Bertz CT molecular complexity index is 498. The Morgan fingerprint density at radius 2 is 2.50 bits per heavy atom. The van der Waals surface area contributed by atoms with Gasteiger partial charge in [0.25, 0.3) is 5.91 Å². The fourth-order valence-electron chi connectivity index (χ4n) is 1.64. The molecule has 16 heavy (non-hydrogen) atoms. The molecule has 0 aromatic carbocycles. The van der Waals surface area contributed by atoms with E-state index in [1.165, 1.54) is 0 Å². The summed E-state index contributed by atoms with van der Waals surface area (Å²) in [7, 11) is 0. The Morgan fingerprint density at radius 1 is 1.69 bits per heavy atom. The molecule has 0 radical (unpaired) electrons. The van der Waals surface area contributed by atoms with Crippen molar-refractivity contribution in [1.82, 2.24) is 4.98 Å². The second-order valence-electron chi connectivity index (χ2n) is 3.66. The fourth-order valence-corrected chi connectivity index (χ4v) is 1.64. The van der Waals surface area contributed by atoms with Crippen LogP contribution in [0.1, 0.15) is 16.8 Å². The maximum Gasteiger partial charge on any atom is 0.293 e. The molecule has 0 saturated heterocycles. The van der Waals surface area contributed by atoms with Crippen LogP contribution in [0.4, 0.5) is 0 Å². The first-order valence-electron chi connectivity index (χ1n) is 5.07. The Hall–Kier alpha value is -2.02. The number of hydrogen-bond donors (Lipinski definition) is 1. The highest BCUT2D eigenvalue weighted by atomic mass is 16.5. The van der Waals surface area contributed by atoms with Gasteiger partial charge >= 0.3 is 0 Å². The number of aryl methyl sites for hydroxylation is 1. The number of ether oxygens (including phenoxy) is 1. The minimum atomic E-state index is -0.616. The minimum Gasteiger partial charge on any atom is -0.477 e. The van der Waals surface area contributed by atoms with Gasteiger partial charge in [0.2, 0.25) is 5.88 Å². The van der Waals surface area contributed by atoms with Crippen molar-refractivity contribution in [2.45, 2.75) is 19.8 Å². The zero-order valence-corrected chi connectivity index (χ0v) is 9.04. The van der Waals surface area contributed by atoms with E-state index in [2.05, 4.69) is 22.9 Å². The largest absolute Gasteiger partial charge is 0.477 e. The standard InChI is InChI=1S/C12H12N2O2/c1-8-7-9-5-6-16-12(9)14-10(8)3-2-4-11(13)15/h7H,3,5-6H2,1H3,(H2,13,15). The predicted octanol–water partition coefficient (Wildman–Crippen LogP) is 0.356. The van der Waals surface area contributed by atoms with Gasteiger partial charge in [-0.25, -0.2) is 4.98 Å². The number of carbonyl (C=O) groups excluding carboxylic acids is 1. The molecule has 1 amide bonds. The summed E-state index contributed by atoms with van der Waals surface area (Å²) in [5, 5.41) is 0. The minimum absolute atomic E-state index is 0.422. The van der Waals surface area contributed by atoms with Crippen molar-refractivity contribution < 1.29 is 9.53 Å². The molecule has 2 heterocycles. The highest BCUT2D eigenvalue weighted by Crippen LogP contribution is 2.24. The van der Waals surface area contributed by atoms with Crippen LogP contribution in [-0.2, 0) is 17.6 Å². The van der Waals surface area contributed by atoms with E-state index >= 15 is 0 Å². The third-order valence-electron chi connectivity index (χ3n) is 2.43. The second kappa shape index (κ2) is 4.23. The zero-order chi connectivity index (χ0) is 11.5. The summed E-state index contributed by atoms with van der Waals surface area (Å²) in [6, 6.07) is 2.07. The summed E-state index contributed by atoms with van der Waals surface area (Å²) in [6.45, 7) is 2.67. The van der Waals surface area contributed by atoms with Gasteiger partial charge in [0.15, 0.2) is 0 Å². The van der Waals surface area contributed by atoms with E-state index in [0.717, 1.165) is 23.2 Å². The maximum absolute atomic E-state index is 10.5. The average Bonchev–Trinajstić information content (AvgIpc) is 2.64. The lowest BCUT2D eigenvalue weighted by molar-refractivity contribution is -0.112. The summed E-state index contributed by atoms with van der Waals surface area (Å²) in [4.78, 5) is 14.8. The first kappa shape index (κ1) is 10.5. The van der Waals surface area contributed by atoms with Crippen LogP contribution < -0.4 is 10.5 Å². The van der Waals surface area contributed by atoms with E-state index < -0.39 is 5.91 Å². The van der Waals surface area contributed by atoms with E-state index in [-0.39, 0.29) is 0 Å². The number of nitrogens with two attached hydrogens (primary N) is 1. The number of rotatable bonds is 1. The van der Waals surface area contributed by atoms with E-state index in [1.807, 2.05) is 6.92 Å².